The monoisotopic (exact) mass is 366 g/mol. The van der Waals surface area contributed by atoms with Gasteiger partial charge >= 0.3 is 80.5 Å². The zero-order valence-corrected chi connectivity index (χ0v) is 10.5. The van der Waals surface area contributed by atoms with Gasteiger partial charge in [-0.2, -0.15) is 0 Å². The Hall–Kier alpha value is 2.16. The summed E-state index contributed by atoms with van der Waals surface area (Å²) in [4.78, 5) is 0. The fourth-order valence-corrected chi connectivity index (χ4v) is 0. The molecule has 5 heteroatoms. The summed E-state index contributed by atoms with van der Waals surface area (Å²) < 4.78 is 25.9. The number of hydrogen-bond donors (Lipinski definition) is 0. The van der Waals surface area contributed by atoms with Crippen LogP contribution in [0.5, 0.6) is 0 Å². The quantitative estimate of drug-likeness (QED) is 0.434. The molecule has 0 radical (unpaired) electrons. The average molecular weight is 364 g/mol. The first-order chi connectivity index (χ1) is 1.73. The molecule has 0 rings (SSSR count). The zero-order valence-electron chi connectivity index (χ0n) is 2.43. The molecule has 0 aliphatic heterocycles. The fourth-order valence-electron chi connectivity index (χ4n) is 0. The van der Waals surface area contributed by atoms with Crippen molar-refractivity contribution < 1.29 is 31.6 Å². The molecule has 0 N–H and O–H groups in total. The van der Waals surface area contributed by atoms with Crippen molar-refractivity contribution in [3.8, 4) is 0 Å². The van der Waals surface area contributed by atoms with Crippen LogP contribution in [-0.4, -0.2) is 48.9 Å². The molecule has 0 unspecified atom stereocenters. The molecule has 0 heterocycles. The third-order valence-electron chi connectivity index (χ3n) is 0. The molecule has 3 nitrogen and oxygen atoms in total. The van der Waals surface area contributed by atoms with E-state index in [0.717, 1.165) is 0 Å². The van der Waals surface area contributed by atoms with Gasteiger partial charge in [0.05, 0.1) is 0 Å². The van der Waals surface area contributed by atoms with E-state index in [4.69, 9.17) is 9.30 Å². The first kappa shape index (κ1) is 10.2. The minimum atomic E-state index is -4.41. The molecule has 0 saturated carbocycles. The van der Waals surface area contributed by atoms with Gasteiger partial charge in [-0.1, -0.05) is 0 Å². The summed E-state index contributed by atoms with van der Waals surface area (Å²) in [5.74, 6) is 0. The van der Waals surface area contributed by atoms with Gasteiger partial charge < -0.3 is 0 Å². The Bertz CT molecular complexity index is 29.9. The molecule has 0 aromatic heterocycles. The Morgan fingerprint density at radius 2 is 1.40 bits per heavy atom. The van der Waals surface area contributed by atoms with Gasteiger partial charge in [-0.05, 0) is 0 Å². The maximum atomic E-state index is 8.63. The van der Waals surface area contributed by atoms with E-state index in [9.17, 15) is 0 Å². The summed E-state index contributed by atoms with van der Waals surface area (Å²) in [5, 5.41) is 0. The molecule has 5 heavy (non-hydrogen) atoms. The molecule has 0 aromatic rings. The van der Waals surface area contributed by atoms with Crippen LogP contribution in [-0.2, 0) is 25.2 Å². The third kappa shape index (κ3) is 22.8. The SMILES string of the molecule is [Ba+2].[O]=[Hf]([O-])[O-]. The van der Waals surface area contributed by atoms with Crippen molar-refractivity contribution >= 4 is 48.9 Å². The van der Waals surface area contributed by atoms with Crippen molar-refractivity contribution in [2.45, 2.75) is 0 Å². The van der Waals surface area contributed by atoms with E-state index in [1.807, 2.05) is 0 Å². The predicted octanol–water partition coefficient (Wildman–Crippen LogP) is -2.88. The van der Waals surface area contributed by atoms with Crippen LogP contribution >= 0.6 is 0 Å². The molecule has 0 spiro atoms. The summed E-state index contributed by atoms with van der Waals surface area (Å²) in [6.45, 7) is 0. The van der Waals surface area contributed by atoms with Crippen LogP contribution in [0.1, 0.15) is 0 Å². The molecule has 0 saturated heterocycles. The van der Waals surface area contributed by atoms with Gasteiger partial charge in [0.1, 0.15) is 0 Å². The molecule has 0 atom stereocenters. The van der Waals surface area contributed by atoms with Gasteiger partial charge in [-0.3, -0.25) is 0 Å². The number of rotatable bonds is 0. The van der Waals surface area contributed by atoms with Gasteiger partial charge in [0.25, 0.3) is 0 Å². The van der Waals surface area contributed by atoms with E-state index in [2.05, 4.69) is 0 Å². The molecular weight excluding hydrogens is 364 g/mol. The molecule has 24 valence electrons. The third-order valence-corrected chi connectivity index (χ3v) is 0. The first-order valence-electron chi connectivity index (χ1n) is 0.612. The molecule has 0 amide bonds. The van der Waals surface area contributed by atoms with Gasteiger partial charge in [-0.15, -0.1) is 0 Å². The maximum absolute atomic E-state index is 8.63. The topological polar surface area (TPSA) is 63.2 Å². The normalized spacial score (nSPS) is 5.20. The van der Waals surface area contributed by atoms with Gasteiger partial charge in [0, 0.05) is 0 Å². The Balaban J connectivity index is 0. The van der Waals surface area contributed by atoms with Crippen molar-refractivity contribution in [1.82, 2.24) is 0 Å². The van der Waals surface area contributed by atoms with E-state index in [1.165, 1.54) is 0 Å². The van der Waals surface area contributed by atoms with Crippen molar-refractivity contribution in [1.29, 1.82) is 0 Å². The van der Waals surface area contributed by atoms with Crippen LogP contribution < -0.4 is 6.45 Å². The summed E-state index contributed by atoms with van der Waals surface area (Å²) in [7, 11) is 0. The van der Waals surface area contributed by atoms with Crippen LogP contribution in [0.4, 0.5) is 0 Å². The molecule has 0 bridgehead atoms. The van der Waals surface area contributed by atoms with Gasteiger partial charge in [0.2, 0.25) is 0 Å². The minimum absolute atomic E-state index is 0. The molecule has 0 fully saturated rings. The molecule has 0 aliphatic rings. The van der Waals surface area contributed by atoms with Crippen molar-refractivity contribution in [2.75, 3.05) is 0 Å². The Morgan fingerprint density at radius 3 is 1.40 bits per heavy atom. The zero-order chi connectivity index (χ0) is 3.58. The second-order valence-corrected chi connectivity index (χ2v) is 2.05. The Morgan fingerprint density at radius 1 is 1.40 bits per heavy atom. The van der Waals surface area contributed by atoms with Crippen LogP contribution in [0.2, 0.25) is 0 Å². The summed E-state index contributed by atoms with van der Waals surface area (Å²) in [6, 6.07) is 0. The van der Waals surface area contributed by atoms with Crippen LogP contribution in [0.25, 0.3) is 0 Å². The van der Waals surface area contributed by atoms with Crippen molar-refractivity contribution in [2.24, 2.45) is 0 Å². The van der Waals surface area contributed by atoms with E-state index in [0.29, 0.717) is 0 Å². The fraction of sp³-hybridized carbons (Fsp3) is 0. The molecule has 0 aliphatic carbocycles. The van der Waals surface area contributed by atoms with E-state index < -0.39 is 22.3 Å². The number of hydrogen-bond acceptors (Lipinski definition) is 3. The Kier molecular flexibility index (Phi) is 12.6. The second kappa shape index (κ2) is 6.16. The van der Waals surface area contributed by atoms with Crippen molar-refractivity contribution in [3.63, 3.8) is 0 Å². The molecule has 0 aromatic carbocycles. The summed E-state index contributed by atoms with van der Waals surface area (Å²) in [6.07, 6.45) is 0. The Labute approximate surface area is 78.6 Å². The molecular formula is BaHfO3. The summed E-state index contributed by atoms with van der Waals surface area (Å²) in [5.41, 5.74) is 0. The van der Waals surface area contributed by atoms with Crippen LogP contribution in [0.3, 0.4) is 0 Å². The average Bonchev–Trinajstić information content (AvgIpc) is 0.811. The first-order valence-corrected chi connectivity index (χ1v) is 5.01. The van der Waals surface area contributed by atoms with Gasteiger partial charge in [-0.25, -0.2) is 0 Å². The van der Waals surface area contributed by atoms with Crippen LogP contribution in [0.15, 0.2) is 0 Å². The van der Waals surface area contributed by atoms with Crippen molar-refractivity contribution in [3.05, 3.63) is 0 Å². The van der Waals surface area contributed by atoms with Gasteiger partial charge in [0.15, 0.2) is 0 Å². The standard InChI is InChI=1S/Ba.Hf.3O/q+2;;;2*-1. The second-order valence-electron chi connectivity index (χ2n) is 0.250. The predicted molar refractivity (Wildman–Crippen MR) is 6.44 cm³/mol. The summed E-state index contributed by atoms with van der Waals surface area (Å²) >= 11 is -4.41. The van der Waals surface area contributed by atoms with E-state index >= 15 is 0 Å². The van der Waals surface area contributed by atoms with E-state index in [-0.39, 0.29) is 48.9 Å². The van der Waals surface area contributed by atoms with Crippen LogP contribution in [0, 0.1) is 0 Å². The van der Waals surface area contributed by atoms with E-state index in [1.54, 1.807) is 0 Å².